The Labute approximate surface area is 690 Å². The van der Waals surface area contributed by atoms with Crippen LogP contribution in [0.3, 0.4) is 0 Å². The minimum absolute atomic E-state index is 0.282. The first kappa shape index (κ1) is 71.2. The Morgan fingerprint density at radius 3 is 1.01 bits per heavy atom. The molecule has 0 bridgehead atoms. The molecule has 0 radical (unpaired) electrons. The van der Waals surface area contributed by atoms with E-state index in [1.54, 1.807) is 24.3 Å². The maximum atomic E-state index is 15.6. The van der Waals surface area contributed by atoms with Gasteiger partial charge in [0.1, 0.15) is 45.8 Å². The molecule has 0 fully saturated rings. The molecule has 0 saturated heterocycles. The van der Waals surface area contributed by atoms with E-state index in [4.69, 9.17) is 18.3 Å². The van der Waals surface area contributed by atoms with Gasteiger partial charge in [-0.05, 0) is 269 Å². The molecule has 16 aromatic carbocycles. The van der Waals surface area contributed by atoms with E-state index in [0.717, 1.165) is 169 Å². The first-order valence-corrected chi connectivity index (χ1v) is 40.8. The summed E-state index contributed by atoms with van der Waals surface area (Å²) in [5.74, 6) is 2.19. The molecule has 18 aromatic rings. The number of fused-ring (bicyclic) bond motifs is 16. The van der Waals surface area contributed by atoms with Crippen LogP contribution in [0.25, 0.3) is 78.3 Å². The second kappa shape index (κ2) is 26.9. The lowest BCUT2D eigenvalue weighted by atomic mass is 9.67. The summed E-state index contributed by atoms with van der Waals surface area (Å²) in [6.45, 7) is 17.6. The van der Waals surface area contributed by atoms with Crippen LogP contribution in [0, 0.1) is 11.6 Å². The van der Waals surface area contributed by atoms with Crippen LogP contribution in [0.5, 0.6) is 23.0 Å². The van der Waals surface area contributed by atoms with Crippen LogP contribution in [0.4, 0.5) is 42.9 Å². The van der Waals surface area contributed by atoms with Gasteiger partial charge in [-0.2, -0.15) is 0 Å². The second-order valence-electron chi connectivity index (χ2n) is 33.7. The van der Waals surface area contributed by atoms with Crippen molar-refractivity contribution in [3.8, 4) is 45.3 Å². The van der Waals surface area contributed by atoms with Crippen molar-refractivity contribution in [1.82, 2.24) is 0 Å². The van der Waals surface area contributed by atoms with Crippen molar-refractivity contribution < 1.29 is 27.1 Å². The van der Waals surface area contributed by atoms with Crippen molar-refractivity contribution in [1.29, 1.82) is 0 Å². The van der Waals surface area contributed by atoms with Gasteiger partial charge in [-0.1, -0.05) is 259 Å². The van der Waals surface area contributed by atoms with Crippen molar-refractivity contribution in [2.24, 2.45) is 0 Å². The Hall–Kier alpha value is -14.3. The monoisotopic (exact) mass is 1540 g/mol. The molecule has 4 aliphatic carbocycles. The number of anilines is 6. The number of ether oxygens (including phenoxy) is 2. The third-order valence-corrected chi connectivity index (χ3v) is 26.2. The van der Waals surface area contributed by atoms with Crippen LogP contribution in [0.15, 0.2) is 374 Å². The molecule has 2 heterocycles. The number of nitrogens with zero attached hydrogens (tertiary/aromatic N) is 2. The molecule has 22 rings (SSSR count). The van der Waals surface area contributed by atoms with E-state index in [2.05, 4.69) is 269 Å². The Morgan fingerprint density at radius 1 is 0.303 bits per heavy atom. The zero-order chi connectivity index (χ0) is 80.3. The van der Waals surface area contributed by atoms with Gasteiger partial charge >= 0.3 is 0 Å². The third-order valence-electron chi connectivity index (χ3n) is 26.2. The van der Waals surface area contributed by atoms with E-state index in [0.29, 0.717) is 23.0 Å². The van der Waals surface area contributed by atoms with Crippen molar-refractivity contribution in [3.05, 3.63) is 455 Å². The highest BCUT2D eigenvalue weighted by Crippen LogP contribution is 2.66. The maximum absolute atomic E-state index is 15.6. The molecule has 0 saturated carbocycles. The molecular weight excluding hydrogens is 1460 g/mol. The highest BCUT2D eigenvalue weighted by molar-refractivity contribution is 6.12. The Balaban J connectivity index is 0.738. The molecule has 0 aliphatic heterocycles. The summed E-state index contributed by atoms with van der Waals surface area (Å²) in [5.41, 5.74) is 25.5. The summed E-state index contributed by atoms with van der Waals surface area (Å²) >= 11 is 0. The molecule has 2 unspecified atom stereocenters. The van der Waals surface area contributed by atoms with Crippen molar-refractivity contribution in [2.45, 2.75) is 67.6 Å². The molecule has 4 aliphatic rings. The quantitative estimate of drug-likeness (QED) is 0.0961. The smallest absolute Gasteiger partial charge is 0.159 e. The number of halogens is 2. The van der Waals surface area contributed by atoms with Crippen molar-refractivity contribution in [3.63, 3.8) is 0 Å². The minimum atomic E-state index is -0.928. The van der Waals surface area contributed by atoms with Crippen LogP contribution >= 0.6 is 0 Å². The summed E-state index contributed by atoms with van der Waals surface area (Å²) in [6.07, 6.45) is 5.35. The molecule has 1 spiro atoms. The first-order valence-electron chi connectivity index (χ1n) is 40.8. The molecule has 119 heavy (non-hydrogen) atoms. The molecular formula is C111H80F2N2O4. The van der Waals surface area contributed by atoms with Crippen molar-refractivity contribution in [2.75, 3.05) is 9.80 Å². The molecule has 0 amide bonds. The van der Waals surface area contributed by atoms with E-state index in [9.17, 15) is 0 Å². The maximum Gasteiger partial charge on any atom is 0.159 e. The summed E-state index contributed by atoms with van der Waals surface area (Å²) in [7, 11) is 0. The number of para-hydroxylation sites is 4. The lowest BCUT2D eigenvalue weighted by molar-refractivity contribution is 0.349. The van der Waals surface area contributed by atoms with Gasteiger partial charge in [0.05, 0.1) is 22.2 Å². The number of benzene rings is 16. The summed E-state index contributed by atoms with van der Waals surface area (Å²) in [6, 6.07) is 122. The average Bonchev–Trinajstić information content (AvgIpc) is 1.55. The molecule has 572 valence electrons. The van der Waals surface area contributed by atoms with Gasteiger partial charge in [0.25, 0.3) is 0 Å². The number of hydrogen-bond donors (Lipinski definition) is 0. The van der Waals surface area contributed by atoms with Crippen LogP contribution in [0.2, 0.25) is 0 Å². The molecule has 8 heteroatoms. The van der Waals surface area contributed by atoms with E-state index in [-0.39, 0.29) is 22.5 Å². The molecule has 6 nitrogen and oxygen atoms in total. The van der Waals surface area contributed by atoms with Crippen LogP contribution in [-0.2, 0) is 27.1 Å². The Morgan fingerprint density at radius 2 is 0.622 bits per heavy atom. The summed E-state index contributed by atoms with van der Waals surface area (Å²) in [4.78, 5) is 4.85. The normalized spacial score (nSPS) is 17.4. The second-order valence-corrected chi connectivity index (χ2v) is 33.7. The zero-order valence-electron chi connectivity index (χ0n) is 66.3. The van der Waals surface area contributed by atoms with E-state index in [1.807, 2.05) is 121 Å². The highest BCUT2D eigenvalue weighted by atomic mass is 19.1. The molecule has 2 aromatic heterocycles. The van der Waals surface area contributed by atoms with Gasteiger partial charge in [-0.15, -0.1) is 0 Å². The van der Waals surface area contributed by atoms with Gasteiger partial charge in [-0.25, -0.2) is 8.78 Å². The zero-order valence-corrected chi connectivity index (χ0v) is 66.3. The lowest BCUT2D eigenvalue weighted by Gasteiger charge is -2.35. The number of furan rings is 2. The minimum Gasteiger partial charge on any atom is -0.457 e. The number of hydrogen-bond acceptors (Lipinski definition) is 6. The van der Waals surface area contributed by atoms with Gasteiger partial charge in [-0.3, -0.25) is 0 Å². The molecule has 0 N–H and O–H groups in total. The van der Waals surface area contributed by atoms with Gasteiger partial charge in [0.2, 0.25) is 0 Å². The van der Waals surface area contributed by atoms with E-state index < -0.39 is 16.2 Å². The Kier molecular flexibility index (Phi) is 16.1. The van der Waals surface area contributed by atoms with Crippen LogP contribution in [-0.4, -0.2) is 0 Å². The topological polar surface area (TPSA) is 51.2 Å². The van der Waals surface area contributed by atoms with Gasteiger partial charge < -0.3 is 28.1 Å². The SMILES string of the molecule is C=Cc1ccc(Oc2ccc(C3(c4ccc(F)cc4)c4ccccc4-c4ccc(N(c5ccc6c(c5)C5(CC6(C)C)CC(C)(C)c6ccc(N(c7ccc8c(c7)C(c7ccc(F)cc7)(c7ccc(Oc9ccc(C=C)cc9)cc7)c7ccccc7-8)c7cccc8c7oc7ccccc78)cc65)c5cccc6c5oc5ccccc56)cc43)cc2)cc1. The van der Waals surface area contributed by atoms with E-state index >= 15 is 8.78 Å². The van der Waals surface area contributed by atoms with E-state index in [1.165, 1.54) is 22.3 Å². The highest BCUT2D eigenvalue weighted by Gasteiger charge is 2.57. The Bertz CT molecular complexity index is 6750. The van der Waals surface area contributed by atoms with Crippen LogP contribution in [0.1, 0.15) is 118 Å². The predicted octanol–water partition coefficient (Wildman–Crippen LogP) is 29.9. The molecule has 2 atom stereocenters. The third kappa shape index (κ3) is 10.9. The standard InChI is InChI=1S/C111H80F2N2O4/c1-7-69-31-51-81(52-32-69)116-83-55-39-73(40-56-83)110(71-35-43-75(112)44-36-71)93-25-13-9-19-85(93)87-59-47-77(63-97(87)110)114(101-27-17-23-91-89-21-11-15-29-103(89)118-105(91)101)79-49-61-95-99(65-79)109(67-107(95,3)4)68-108(5,6)96-62-50-80(66-100(96)109)115(102-28-18-24-92-90-22-12-16-30-104(90)119-106(92)102)78-48-60-88-86-20-10-14-26-94(86)111(98(88)64-78,72-37-45-76(113)46-38-72)74-41-57-84(58-42-74)117-82-53-33-70(8-2)34-54-82/h7-66H,1-2,67-68H2,3-6H3. The van der Waals surface area contributed by atoms with Crippen molar-refractivity contribution >= 4 is 90.2 Å². The fourth-order valence-electron chi connectivity index (χ4n) is 21.2. The largest absolute Gasteiger partial charge is 0.457 e. The lowest BCUT2D eigenvalue weighted by Crippen LogP contribution is -2.29. The van der Waals surface area contributed by atoms with Gasteiger partial charge in [0.15, 0.2) is 11.2 Å². The first-order chi connectivity index (χ1) is 58.1. The van der Waals surface area contributed by atoms with Gasteiger partial charge in [0, 0.05) is 49.7 Å². The fourth-order valence-corrected chi connectivity index (χ4v) is 21.2. The average molecular weight is 1540 g/mol. The summed E-state index contributed by atoms with van der Waals surface area (Å²) < 4.78 is 58.6. The van der Waals surface area contributed by atoms with Crippen LogP contribution < -0.4 is 19.3 Å². The number of rotatable bonds is 16. The fraction of sp³-hybridized carbons (Fsp3) is 0.0991. The predicted molar refractivity (Wildman–Crippen MR) is 481 cm³/mol. The summed E-state index contributed by atoms with van der Waals surface area (Å²) in [5, 5.41) is 4.09.